The van der Waals surface area contributed by atoms with Crippen LogP contribution in [-0.4, -0.2) is 53.7 Å². The SMILES string of the molecule is CN=C(NCCNC(=O)C1CCCCC1)N(C)Cc1cn(C)nc1C(C)C.I. The first-order valence-corrected chi connectivity index (χ1v) is 10.1. The maximum atomic E-state index is 12.2. The number of amides is 1. The average Bonchev–Trinajstić information content (AvgIpc) is 3.02. The molecule has 7 nitrogen and oxygen atoms in total. The van der Waals surface area contributed by atoms with Crippen molar-refractivity contribution in [3.05, 3.63) is 17.5 Å². The minimum Gasteiger partial charge on any atom is -0.354 e. The topological polar surface area (TPSA) is 74.6 Å². The summed E-state index contributed by atoms with van der Waals surface area (Å²) in [5, 5.41) is 11.0. The zero-order valence-corrected chi connectivity index (χ0v) is 20.3. The van der Waals surface area contributed by atoms with E-state index in [9.17, 15) is 4.79 Å². The van der Waals surface area contributed by atoms with Gasteiger partial charge in [0.25, 0.3) is 0 Å². The molecule has 2 rings (SSSR count). The first kappa shape index (κ1) is 24.7. The van der Waals surface area contributed by atoms with Gasteiger partial charge in [-0.2, -0.15) is 5.10 Å². The fourth-order valence-corrected chi connectivity index (χ4v) is 3.75. The second-order valence-corrected chi connectivity index (χ2v) is 7.82. The van der Waals surface area contributed by atoms with Gasteiger partial charge in [-0.1, -0.05) is 33.1 Å². The van der Waals surface area contributed by atoms with Gasteiger partial charge in [0.1, 0.15) is 0 Å². The number of aryl methyl sites for hydroxylation is 1. The molecule has 1 heterocycles. The highest BCUT2D eigenvalue weighted by Gasteiger charge is 2.20. The molecule has 0 saturated heterocycles. The molecule has 1 aromatic rings. The quantitative estimate of drug-likeness (QED) is 0.259. The van der Waals surface area contributed by atoms with Crippen LogP contribution in [0.15, 0.2) is 11.2 Å². The van der Waals surface area contributed by atoms with Crippen molar-refractivity contribution < 1.29 is 4.79 Å². The Labute approximate surface area is 186 Å². The molecular weight excluding hydrogens is 467 g/mol. The number of guanidine groups is 1. The summed E-state index contributed by atoms with van der Waals surface area (Å²) in [5.41, 5.74) is 2.34. The lowest BCUT2D eigenvalue weighted by molar-refractivity contribution is -0.125. The summed E-state index contributed by atoms with van der Waals surface area (Å²) in [5.74, 6) is 1.62. The van der Waals surface area contributed by atoms with Gasteiger partial charge in [-0.3, -0.25) is 14.5 Å². The smallest absolute Gasteiger partial charge is 0.223 e. The van der Waals surface area contributed by atoms with Crippen LogP contribution in [-0.2, 0) is 18.4 Å². The third-order valence-electron chi connectivity index (χ3n) is 5.15. The van der Waals surface area contributed by atoms with E-state index in [1.54, 1.807) is 7.05 Å². The largest absolute Gasteiger partial charge is 0.354 e. The second-order valence-electron chi connectivity index (χ2n) is 7.82. The molecule has 1 aromatic heterocycles. The predicted molar refractivity (Wildman–Crippen MR) is 125 cm³/mol. The molecule has 0 unspecified atom stereocenters. The van der Waals surface area contributed by atoms with Crippen molar-refractivity contribution in [1.29, 1.82) is 0 Å². The van der Waals surface area contributed by atoms with Gasteiger partial charge >= 0.3 is 0 Å². The van der Waals surface area contributed by atoms with Crippen LogP contribution < -0.4 is 10.6 Å². The Hall–Kier alpha value is -1.32. The fraction of sp³-hybridized carbons (Fsp3) is 0.750. The Morgan fingerprint density at radius 2 is 1.93 bits per heavy atom. The van der Waals surface area contributed by atoms with E-state index in [1.165, 1.54) is 24.8 Å². The Morgan fingerprint density at radius 1 is 1.29 bits per heavy atom. The lowest BCUT2D eigenvalue weighted by Gasteiger charge is -2.23. The third-order valence-corrected chi connectivity index (χ3v) is 5.15. The number of rotatable bonds is 7. The summed E-state index contributed by atoms with van der Waals surface area (Å²) < 4.78 is 1.87. The maximum Gasteiger partial charge on any atom is 0.223 e. The van der Waals surface area contributed by atoms with Crippen LogP contribution in [0.4, 0.5) is 0 Å². The van der Waals surface area contributed by atoms with E-state index in [0.29, 0.717) is 19.0 Å². The molecule has 0 atom stereocenters. The predicted octanol–water partition coefficient (Wildman–Crippen LogP) is 2.87. The number of nitrogens with zero attached hydrogens (tertiary/aromatic N) is 4. The highest BCUT2D eigenvalue weighted by atomic mass is 127. The number of carbonyl (C=O) groups is 1. The Morgan fingerprint density at radius 3 is 2.54 bits per heavy atom. The van der Waals surface area contributed by atoms with Crippen LogP contribution >= 0.6 is 24.0 Å². The standard InChI is InChI=1S/C20H36N6O.HI/c1-15(2)18-17(14-26(5)24-18)13-25(4)20(21-3)23-12-11-22-19(27)16-9-7-6-8-10-16;/h14-16H,6-13H2,1-5H3,(H,21,23)(H,22,27);1H. The van der Waals surface area contributed by atoms with Gasteiger partial charge in [-0.25, -0.2) is 0 Å². The molecule has 0 bridgehead atoms. The fourth-order valence-electron chi connectivity index (χ4n) is 3.75. The van der Waals surface area contributed by atoms with Crippen molar-refractivity contribution in [2.45, 2.75) is 58.4 Å². The van der Waals surface area contributed by atoms with Crippen LogP contribution in [0.2, 0.25) is 0 Å². The van der Waals surface area contributed by atoms with Crippen molar-refractivity contribution in [2.24, 2.45) is 18.0 Å². The number of halogens is 1. The first-order valence-electron chi connectivity index (χ1n) is 10.1. The van der Waals surface area contributed by atoms with Gasteiger partial charge in [0, 0.05) is 58.5 Å². The van der Waals surface area contributed by atoms with Gasteiger partial charge in [0.15, 0.2) is 5.96 Å². The van der Waals surface area contributed by atoms with Gasteiger partial charge in [-0.15, -0.1) is 24.0 Å². The van der Waals surface area contributed by atoms with E-state index in [-0.39, 0.29) is 35.8 Å². The summed E-state index contributed by atoms with van der Waals surface area (Å²) in [6, 6.07) is 0. The van der Waals surface area contributed by atoms with E-state index in [1.807, 2.05) is 18.8 Å². The molecule has 0 spiro atoms. The molecule has 28 heavy (non-hydrogen) atoms. The maximum absolute atomic E-state index is 12.2. The summed E-state index contributed by atoms with van der Waals surface area (Å²) >= 11 is 0. The van der Waals surface area contributed by atoms with Crippen molar-refractivity contribution in [1.82, 2.24) is 25.3 Å². The van der Waals surface area contributed by atoms with Crippen molar-refractivity contribution in [3.63, 3.8) is 0 Å². The van der Waals surface area contributed by atoms with E-state index < -0.39 is 0 Å². The Kier molecular flexibility index (Phi) is 10.8. The molecule has 1 fully saturated rings. The lowest BCUT2D eigenvalue weighted by atomic mass is 9.89. The Bertz CT molecular complexity index is 637. The van der Waals surface area contributed by atoms with Gasteiger partial charge in [0.2, 0.25) is 5.91 Å². The van der Waals surface area contributed by atoms with Crippen molar-refractivity contribution in [3.8, 4) is 0 Å². The number of hydrogen-bond donors (Lipinski definition) is 2. The third kappa shape index (κ3) is 7.25. The monoisotopic (exact) mass is 504 g/mol. The van der Waals surface area contributed by atoms with E-state index in [4.69, 9.17) is 0 Å². The average molecular weight is 504 g/mol. The summed E-state index contributed by atoms with van der Waals surface area (Å²) in [7, 11) is 5.76. The van der Waals surface area contributed by atoms with Crippen molar-refractivity contribution >= 4 is 35.8 Å². The van der Waals surface area contributed by atoms with E-state index in [0.717, 1.165) is 31.0 Å². The van der Waals surface area contributed by atoms with Crippen LogP contribution in [0.1, 0.15) is 63.1 Å². The zero-order chi connectivity index (χ0) is 19.8. The zero-order valence-electron chi connectivity index (χ0n) is 18.0. The van der Waals surface area contributed by atoms with Crippen molar-refractivity contribution in [2.75, 3.05) is 27.2 Å². The van der Waals surface area contributed by atoms with Gasteiger partial charge < -0.3 is 15.5 Å². The van der Waals surface area contributed by atoms with E-state index >= 15 is 0 Å². The van der Waals surface area contributed by atoms with Crippen LogP contribution in [0.25, 0.3) is 0 Å². The van der Waals surface area contributed by atoms with Gasteiger partial charge in [0.05, 0.1) is 5.69 Å². The molecule has 0 radical (unpaired) electrons. The molecule has 1 amide bonds. The molecule has 160 valence electrons. The first-order chi connectivity index (χ1) is 12.9. The molecule has 0 aromatic carbocycles. The number of aliphatic imine (C=N–C) groups is 1. The van der Waals surface area contributed by atoms with Crippen LogP contribution in [0, 0.1) is 5.92 Å². The lowest BCUT2D eigenvalue weighted by Crippen LogP contribution is -2.43. The second kappa shape index (κ2) is 12.3. The van der Waals surface area contributed by atoms with Gasteiger partial charge in [-0.05, 0) is 18.8 Å². The van der Waals surface area contributed by atoms with Crippen LogP contribution in [0.3, 0.4) is 0 Å². The number of nitrogens with one attached hydrogen (secondary N) is 2. The van der Waals surface area contributed by atoms with E-state index in [2.05, 4.69) is 45.7 Å². The minimum absolute atomic E-state index is 0. The minimum atomic E-state index is 0. The molecular formula is C20H37IN6O. The number of hydrogen-bond acceptors (Lipinski definition) is 3. The summed E-state index contributed by atoms with van der Waals surface area (Å²) in [6.07, 6.45) is 7.77. The molecule has 8 heteroatoms. The Balaban J connectivity index is 0.00000392. The molecule has 1 aliphatic rings. The van der Waals surface area contributed by atoms with Crippen LogP contribution in [0.5, 0.6) is 0 Å². The summed E-state index contributed by atoms with van der Waals surface area (Å²) in [6.45, 7) is 6.35. The highest BCUT2D eigenvalue weighted by Crippen LogP contribution is 2.23. The molecule has 0 aliphatic heterocycles. The molecule has 2 N–H and O–H groups in total. The summed E-state index contributed by atoms with van der Waals surface area (Å²) in [4.78, 5) is 18.7. The molecule has 1 saturated carbocycles. The number of aromatic nitrogens is 2. The normalized spacial score (nSPS) is 15.3. The number of carbonyl (C=O) groups excluding carboxylic acids is 1. The highest BCUT2D eigenvalue weighted by molar-refractivity contribution is 14.0. The molecule has 1 aliphatic carbocycles.